The molecule has 1 aromatic heterocycles. The average Bonchev–Trinajstić information content (AvgIpc) is 2.81. The van der Waals surface area contributed by atoms with Crippen LogP contribution in [-0.2, 0) is 0 Å². The molecule has 0 fully saturated rings. The van der Waals surface area contributed by atoms with Crippen LogP contribution in [0, 0.1) is 13.8 Å². The molecule has 1 heterocycles. The zero-order chi connectivity index (χ0) is 16.3. The van der Waals surface area contributed by atoms with E-state index in [1.807, 2.05) is 13.0 Å². The summed E-state index contributed by atoms with van der Waals surface area (Å²) in [5, 5.41) is 1.16. The molecule has 1 aromatic carbocycles. The quantitative estimate of drug-likeness (QED) is 0.604. The lowest BCUT2D eigenvalue weighted by Crippen LogP contribution is -2.29. The fourth-order valence-electron chi connectivity index (χ4n) is 2.80. The first-order chi connectivity index (χ1) is 10.5. The van der Waals surface area contributed by atoms with Crippen LogP contribution < -0.4 is 5.30 Å². The van der Waals surface area contributed by atoms with Gasteiger partial charge in [0, 0.05) is 22.6 Å². The van der Waals surface area contributed by atoms with Crippen LogP contribution in [0.5, 0.6) is 0 Å². The summed E-state index contributed by atoms with van der Waals surface area (Å²) in [6.45, 7) is 10.5. The number of rotatable bonds is 6. The van der Waals surface area contributed by atoms with Gasteiger partial charge in [0.05, 0.1) is 6.54 Å². The van der Waals surface area contributed by atoms with E-state index in [1.165, 1.54) is 0 Å². The van der Waals surface area contributed by atoms with Gasteiger partial charge in [0.2, 0.25) is 0 Å². The Bertz CT molecular complexity index is 654. The summed E-state index contributed by atoms with van der Waals surface area (Å²) in [5.74, 6) is 0.200. The van der Waals surface area contributed by atoms with Gasteiger partial charge < -0.3 is 4.57 Å². The van der Waals surface area contributed by atoms with E-state index in [2.05, 4.69) is 63.7 Å². The highest BCUT2D eigenvalue weighted by Gasteiger charge is 2.18. The van der Waals surface area contributed by atoms with Crippen LogP contribution in [0.2, 0.25) is 0 Å². The second-order valence-electron chi connectivity index (χ2n) is 5.60. The van der Waals surface area contributed by atoms with Crippen LogP contribution in [0.4, 0.5) is 0 Å². The van der Waals surface area contributed by atoms with Gasteiger partial charge in [0.25, 0.3) is 0 Å². The van der Waals surface area contributed by atoms with E-state index in [4.69, 9.17) is 0 Å². The van der Waals surface area contributed by atoms with Gasteiger partial charge in [0.15, 0.2) is 5.78 Å². The van der Waals surface area contributed by atoms with Crippen molar-refractivity contribution in [3.05, 3.63) is 47.3 Å². The van der Waals surface area contributed by atoms with Crippen molar-refractivity contribution in [1.82, 2.24) is 9.47 Å². The zero-order valence-electron chi connectivity index (χ0n) is 13.9. The molecule has 4 heteroatoms. The topological polar surface area (TPSA) is 25.2 Å². The molecule has 0 bridgehead atoms. The molecular formula is C18H25N2OP. The van der Waals surface area contributed by atoms with E-state index >= 15 is 0 Å². The van der Waals surface area contributed by atoms with Crippen molar-refractivity contribution in [1.29, 1.82) is 0 Å². The molecule has 0 radical (unpaired) electrons. The third-order valence-corrected chi connectivity index (χ3v) is 4.53. The second-order valence-corrected chi connectivity index (χ2v) is 6.26. The van der Waals surface area contributed by atoms with Gasteiger partial charge in [-0.2, -0.15) is 0 Å². The van der Waals surface area contributed by atoms with E-state index in [0.29, 0.717) is 6.54 Å². The van der Waals surface area contributed by atoms with Crippen molar-refractivity contribution >= 4 is 20.3 Å². The van der Waals surface area contributed by atoms with Crippen LogP contribution in [0.1, 0.15) is 35.6 Å². The number of aromatic nitrogens is 1. The van der Waals surface area contributed by atoms with Crippen molar-refractivity contribution in [2.75, 3.05) is 19.6 Å². The number of hydrogen-bond donors (Lipinski definition) is 0. The smallest absolute Gasteiger partial charge is 0.178 e. The molecule has 2 rings (SSSR count). The monoisotopic (exact) mass is 316 g/mol. The SMILES string of the molecule is CCN(CC)CC(=O)c1cc(C)n(-c2ccc(P)cc2)c1C. The minimum absolute atomic E-state index is 0.200. The Labute approximate surface area is 135 Å². The Balaban J connectivity index is 2.34. The lowest BCUT2D eigenvalue weighted by molar-refractivity contribution is 0.0937. The molecule has 0 saturated carbocycles. The fourth-order valence-corrected chi connectivity index (χ4v) is 2.99. The average molecular weight is 316 g/mol. The maximum Gasteiger partial charge on any atom is 0.178 e. The number of ketones is 1. The molecule has 0 aliphatic carbocycles. The Morgan fingerprint density at radius 1 is 1.14 bits per heavy atom. The number of nitrogens with zero attached hydrogens (tertiary/aromatic N) is 2. The Morgan fingerprint density at radius 2 is 1.73 bits per heavy atom. The summed E-state index contributed by atoms with van der Waals surface area (Å²) in [6, 6.07) is 10.3. The van der Waals surface area contributed by atoms with Crippen molar-refractivity contribution in [2.45, 2.75) is 27.7 Å². The number of benzene rings is 1. The molecule has 0 aliphatic rings. The third kappa shape index (κ3) is 3.48. The summed E-state index contributed by atoms with van der Waals surface area (Å²) in [4.78, 5) is 14.7. The third-order valence-electron chi connectivity index (χ3n) is 4.14. The van der Waals surface area contributed by atoms with Crippen LogP contribution in [0.3, 0.4) is 0 Å². The van der Waals surface area contributed by atoms with Gasteiger partial charge in [-0.05, 0) is 50.4 Å². The number of carbonyl (C=O) groups is 1. The molecule has 118 valence electrons. The number of Topliss-reactive ketones (excluding diaryl/α,β-unsaturated/α-hetero) is 1. The van der Waals surface area contributed by atoms with Crippen LogP contribution in [0.25, 0.3) is 5.69 Å². The minimum atomic E-state index is 0.200. The Kier molecular flexibility index (Phi) is 5.55. The lowest BCUT2D eigenvalue weighted by Gasteiger charge is -2.17. The van der Waals surface area contributed by atoms with E-state index in [9.17, 15) is 4.79 Å². The first-order valence-corrected chi connectivity index (χ1v) is 8.36. The van der Waals surface area contributed by atoms with Crippen molar-refractivity contribution < 1.29 is 4.79 Å². The zero-order valence-corrected chi connectivity index (χ0v) is 15.0. The van der Waals surface area contributed by atoms with Gasteiger partial charge in [-0.3, -0.25) is 9.69 Å². The molecule has 0 saturated heterocycles. The molecule has 0 amide bonds. The van der Waals surface area contributed by atoms with Gasteiger partial charge in [-0.15, -0.1) is 9.24 Å². The fraction of sp³-hybridized carbons (Fsp3) is 0.389. The van der Waals surface area contributed by atoms with Gasteiger partial charge in [0.1, 0.15) is 0 Å². The molecular weight excluding hydrogens is 291 g/mol. The summed E-state index contributed by atoms with van der Waals surface area (Å²) in [6.07, 6.45) is 0. The number of carbonyl (C=O) groups excluding carboxylic acids is 1. The van der Waals surface area contributed by atoms with E-state index in [1.54, 1.807) is 0 Å². The Morgan fingerprint density at radius 3 is 2.27 bits per heavy atom. The number of likely N-dealkylation sites (N-methyl/N-ethyl adjacent to an activating group) is 1. The Hall–Kier alpha value is -1.44. The normalized spacial score (nSPS) is 11.2. The largest absolute Gasteiger partial charge is 0.318 e. The highest BCUT2D eigenvalue weighted by Crippen LogP contribution is 2.21. The van der Waals surface area contributed by atoms with E-state index in [-0.39, 0.29) is 5.78 Å². The molecule has 0 aliphatic heterocycles. The molecule has 1 unspecified atom stereocenters. The highest BCUT2D eigenvalue weighted by atomic mass is 31.0. The standard InChI is InChI=1S/C18H25N2OP/c1-5-19(6-2)12-18(21)17-11-13(3)20(14(17)4)15-7-9-16(22)10-8-15/h7-11H,5-6,12,22H2,1-4H3. The maximum absolute atomic E-state index is 12.6. The maximum atomic E-state index is 12.6. The second kappa shape index (κ2) is 7.21. The van der Waals surface area contributed by atoms with Gasteiger partial charge in [-0.25, -0.2) is 0 Å². The summed E-state index contributed by atoms with van der Waals surface area (Å²) in [7, 11) is 2.69. The predicted molar refractivity (Wildman–Crippen MR) is 96.7 cm³/mol. The summed E-state index contributed by atoms with van der Waals surface area (Å²) < 4.78 is 2.15. The van der Waals surface area contributed by atoms with Crippen molar-refractivity contribution in [3.8, 4) is 5.69 Å². The van der Waals surface area contributed by atoms with E-state index < -0.39 is 0 Å². The molecule has 22 heavy (non-hydrogen) atoms. The number of aryl methyl sites for hydroxylation is 1. The van der Waals surface area contributed by atoms with Crippen LogP contribution in [-0.4, -0.2) is 34.9 Å². The minimum Gasteiger partial charge on any atom is -0.318 e. The van der Waals surface area contributed by atoms with Gasteiger partial charge in [-0.1, -0.05) is 26.0 Å². The van der Waals surface area contributed by atoms with Crippen LogP contribution >= 0.6 is 9.24 Å². The number of hydrogen-bond acceptors (Lipinski definition) is 2. The molecule has 2 aromatic rings. The molecule has 1 atom stereocenters. The van der Waals surface area contributed by atoms with Crippen molar-refractivity contribution in [2.24, 2.45) is 0 Å². The van der Waals surface area contributed by atoms with E-state index in [0.717, 1.165) is 41.0 Å². The van der Waals surface area contributed by atoms with Gasteiger partial charge >= 0.3 is 0 Å². The lowest BCUT2D eigenvalue weighted by atomic mass is 10.1. The molecule has 0 N–H and O–H groups in total. The summed E-state index contributed by atoms with van der Waals surface area (Å²) in [5.41, 5.74) is 4.05. The van der Waals surface area contributed by atoms with Crippen molar-refractivity contribution in [3.63, 3.8) is 0 Å². The predicted octanol–water partition coefficient (Wildman–Crippen LogP) is 3.12. The highest BCUT2D eigenvalue weighted by molar-refractivity contribution is 7.27. The van der Waals surface area contributed by atoms with Crippen LogP contribution in [0.15, 0.2) is 30.3 Å². The first kappa shape index (κ1) is 16.9. The first-order valence-electron chi connectivity index (χ1n) is 7.78. The molecule has 0 spiro atoms. The summed E-state index contributed by atoms with van der Waals surface area (Å²) >= 11 is 0. The molecule has 3 nitrogen and oxygen atoms in total.